The van der Waals surface area contributed by atoms with Crippen LogP contribution in [0.3, 0.4) is 0 Å². The number of carbonyl (C=O) groups excluding carboxylic acids is 2. The van der Waals surface area contributed by atoms with E-state index in [1.54, 1.807) is 42.5 Å². The van der Waals surface area contributed by atoms with Crippen LogP contribution < -0.4 is 14.4 Å². The highest BCUT2D eigenvalue weighted by molar-refractivity contribution is 7.92. The molecule has 41 heavy (non-hydrogen) atoms. The Bertz CT molecular complexity index is 1460. The minimum absolute atomic E-state index is 0.129. The summed E-state index contributed by atoms with van der Waals surface area (Å²) in [7, 11) is -2.53. The van der Waals surface area contributed by atoms with Crippen molar-refractivity contribution in [3.05, 3.63) is 94.0 Å². The molecule has 0 radical (unpaired) electrons. The number of rotatable bonds is 11. The van der Waals surface area contributed by atoms with Crippen LogP contribution in [-0.2, 0) is 32.6 Å². The Kier molecular flexibility index (Phi) is 10.7. The Morgan fingerprint density at radius 2 is 1.51 bits per heavy atom. The summed E-state index contributed by atoms with van der Waals surface area (Å²) >= 11 is 13.0. The van der Waals surface area contributed by atoms with Gasteiger partial charge >= 0.3 is 0 Å². The molecule has 11 heteroatoms. The largest absolute Gasteiger partial charge is 0.495 e. The summed E-state index contributed by atoms with van der Waals surface area (Å²) in [5, 5.41) is 3.60. The highest BCUT2D eigenvalue weighted by atomic mass is 35.5. The fourth-order valence-electron chi connectivity index (χ4n) is 4.29. The van der Waals surface area contributed by atoms with Gasteiger partial charge in [-0.3, -0.25) is 13.9 Å². The molecule has 1 N–H and O–H groups in total. The first-order chi connectivity index (χ1) is 19.2. The molecule has 0 saturated heterocycles. The molecule has 1 atom stereocenters. The first-order valence-electron chi connectivity index (χ1n) is 12.9. The monoisotopic (exact) mass is 619 g/mol. The predicted molar refractivity (Wildman–Crippen MR) is 164 cm³/mol. The zero-order valence-corrected chi connectivity index (χ0v) is 26.1. The van der Waals surface area contributed by atoms with Crippen molar-refractivity contribution in [2.24, 2.45) is 0 Å². The van der Waals surface area contributed by atoms with Gasteiger partial charge in [0.25, 0.3) is 0 Å². The second-order valence-electron chi connectivity index (χ2n) is 10.6. The topological polar surface area (TPSA) is 96.0 Å². The summed E-state index contributed by atoms with van der Waals surface area (Å²) in [6, 6.07) is 19.7. The van der Waals surface area contributed by atoms with Crippen molar-refractivity contribution in [3.8, 4) is 5.75 Å². The molecule has 0 spiro atoms. The van der Waals surface area contributed by atoms with E-state index in [2.05, 4.69) is 5.32 Å². The third kappa shape index (κ3) is 8.86. The Balaban J connectivity index is 2.14. The lowest BCUT2D eigenvalue weighted by Gasteiger charge is -2.35. The molecule has 0 heterocycles. The average molecular weight is 621 g/mol. The number of hydrogen-bond acceptors (Lipinski definition) is 5. The Morgan fingerprint density at radius 3 is 2.07 bits per heavy atom. The lowest BCUT2D eigenvalue weighted by atomic mass is 10.0. The summed E-state index contributed by atoms with van der Waals surface area (Å²) in [6.07, 6.45) is 1.18. The van der Waals surface area contributed by atoms with Crippen LogP contribution in [0.15, 0.2) is 72.8 Å². The van der Waals surface area contributed by atoms with Gasteiger partial charge in [-0.25, -0.2) is 8.42 Å². The van der Waals surface area contributed by atoms with E-state index in [0.717, 1.165) is 16.1 Å². The number of amides is 2. The number of benzene rings is 3. The standard InChI is InChI=1S/C30H35Cl2N3O5S/c1-30(2,3)33-29(37)26(18-21-12-7-6-8-13-21)34(19-22-23(31)14-11-15-24(22)32)28(36)20-35(41(5,38)39)25-16-9-10-17-27(25)40-4/h6-17,26H,18-20H2,1-5H3,(H,33,37)/t26-/m1/s1. The van der Waals surface area contributed by atoms with Crippen molar-refractivity contribution >= 4 is 50.7 Å². The van der Waals surface area contributed by atoms with Gasteiger partial charge in [0.05, 0.1) is 19.1 Å². The lowest BCUT2D eigenvalue weighted by Crippen LogP contribution is -2.56. The maximum Gasteiger partial charge on any atom is 0.244 e. The Morgan fingerprint density at radius 1 is 0.927 bits per heavy atom. The number of para-hydroxylation sites is 2. The summed E-state index contributed by atoms with van der Waals surface area (Å²) in [5.74, 6) is -0.749. The van der Waals surface area contributed by atoms with Gasteiger partial charge in [0, 0.05) is 34.1 Å². The first kappa shape index (κ1) is 32.2. The van der Waals surface area contributed by atoms with Crippen molar-refractivity contribution in [3.63, 3.8) is 0 Å². The summed E-state index contributed by atoms with van der Waals surface area (Å²) in [6.45, 7) is 4.81. The molecular weight excluding hydrogens is 585 g/mol. The molecule has 0 unspecified atom stereocenters. The molecule has 0 aliphatic carbocycles. The van der Waals surface area contributed by atoms with E-state index >= 15 is 0 Å². The number of nitrogens with one attached hydrogen (secondary N) is 1. The van der Waals surface area contributed by atoms with E-state index < -0.39 is 40.0 Å². The molecular formula is C30H35Cl2N3O5S. The van der Waals surface area contributed by atoms with Crippen LogP contribution in [0, 0.1) is 0 Å². The summed E-state index contributed by atoms with van der Waals surface area (Å²) in [5.41, 5.74) is 0.850. The van der Waals surface area contributed by atoms with E-state index in [1.165, 1.54) is 12.0 Å². The van der Waals surface area contributed by atoms with E-state index in [1.807, 2.05) is 51.1 Å². The minimum atomic E-state index is -3.95. The van der Waals surface area contributed by atoms with Crippen molar-refractivity contribution in [2.75, 3.05) is 24.2 Å². The molecule has 0 aliphatic rings. The van der Waals surface area contributed by atoms with Crippen LogP contribution in [0.25, 0.3) is 0 Å². The zero-order chi connectivity index (χ0) is 30.4. The van der Waals surface area contributed by atoms with Gasteiger partial charge < -0.3 is 15.0 Å². The van der Waals surface area contributed by atoms with Gasteiger partial charge in [0.2, 0.25) is 21.8 Å². The molecule has 0 aliphatic heterocycles. The number of hydrogen-bond donors (Lipinski definition) is 1. The van der Waals surface area contributed by atoms with E-state index in [9.17, 15) is 18.0 Å². The van der Waals surface area contributed by atoms with Crippen LogP contribution in [-0.4, -0.2) is 56.6 Å². The van der Waals surface area contributed by atoms with Gasteiger partial charge in [-0.1, -0.05) is 71.7 Å². The van der Waals surface area contributed by atoms with Gasteiger partial charge in [0.15, 0.2) is 0 Å². The smallest absolute Gasteiger partial charge is 0.244 e. The molecule has 3 aromatic carbocycles. The van der Waals surface area contributed by atoms with Crippen LogP contribution in [0.1, 0.15) is 31.9 Å². The lowest BCUT2D eigenvalue weighted by molar-refractivity contribution is -0.140. The maximum absolute atomic E-state index is 14.2. The van der Waals surface area contributed by atoms with E-state index in [0.29, 0.717) is 15.6 Å². The zero-order valence-electron chi connectivity index (χ0n) is 23.7. The minimum Gasteiger partial charge on any atom is -0.495 e. The molecule has 3 aromatic rings. The number of anilines is 1. The normalized spacial score (nSPS) is 12.4. The molecule has 0 saturated carbocycles. The van der Waals surface area contributed by atoms with Gasteiger partial charge in [-0.2, -0.15) is 0 Å². The average Bonchev–Trinajstić information content (AvgIpc) is 2.89. The van der Waals surface area contributed by atoms with Gasteiger partial charge in [-0.15, -0.1) is 0 Å². The fraction of sp³-hybridized carbons (Fsp3) is 0.333. The molecule has 0 bridgehead atoms. The number of nitrogens with zero attached hydrogens (tertiary/aromatic N) is 2. The van der Waals surface area contributed by atoms with Crippen molar-refractivity contribution < 1.29 is 22.7 Å². The van der Waals surface area contributed by atoms with Crippen molar-refractivity contribution in [2.45, 2.75) is 45.3 Å². The van der Waals surface area contributed by atoms with Gasteiger partial charge in [-0.05, 0) is 50.6 Å². The summed E-state index contributed by atoms with van der Waals surface area (Å²) in [4.78, 5) is 29.4. The molecule has 0 aromatic heterocycles. The molecule has 3 rings (SSSR count). The van der Waals surface area contributed by atoms with Crippen molar-refractivity contribution in [1.29, 1.82) is 0 Å². The van der Waals surface area contributed by atoms with E-state index in [4.69, 9.17) is 27.9 Å². The number of halogens is 2. The second-order valence-corrected chi connectivity index (χ2v) is 13.3. The first-order valence-corrected chi connectivity index (χ1v) is 15.5. The Labute approximate surface area is 252 Å². The predicted octanol–water partition coefficient (Wildman–Crippen LogP) is 5.32. The molecule has 0 fully saturated rings. The van der Waals surface area contributed by atoms with Crippen LogP contribution >= 0.6 is 23.2 Å². The number of carbonyl (C=O) groups is 2. The Hall–Kier alpha value is -3.27. The van der Waals surface area contributed by atoms with Crippen LogP contribution in [0.2, 0.25) is 10.0 Å². The number of methoxy groups -OCH3 is 1. The SMILES string of the molecule is COc1ccccc1N(CC(=O)N(Cc1c(Cl)cccc1Cl)[C@H](Cc1ccccc1)C(=O)NC(C)(C)C)S(C)(=O)=O. The van der Waals surface area contributed by atoms with E-state index in [-0.39, 0.29) is 24.4 Å². The van der Waals surface area contributed by atoms with Crippen molar-refractivity contribution in [1.82, 2.24) is 10.2 Å². The molecule has 2 amide bonds. The number of sulfonamides is 1. The van der Waals surface area contributed by atoms with Gasteiger partial charge in [0.1, 0.15) is 18.3 Å². The third-order valence-electron chi connectivity index (χ3n) is 6.19. The quantitative estimate of drug-likeness (QED) is 0.313. The molecule has 8 nitrogen and oxygen atoms in total. The van der Waals surface area contributed by atoms with Crippen LogP contribution in [0.4, 0.5) is 5.69 Å². The fourth-order valence-corrected chi connectivity index (χ4v) is 5.66. The summed E-state index contributed by atoms with van der Waals surface area (Å²) < 4.78 is 32.3. The second kappa shape index (κ2) is 13.6. The molecule has 220 valence electrons. The highest BCUT2D eigenvalue weighted by Crippen LogP contribution is 2.31. The highest BCUT2D eigenvalue weighted by Gasteiger charge is 2.35. The maximum atomic E-state index is 14.2. The third-order valence-corrected chi connectivity index (χ3v) is 8.03. The number of ether oxygens (including phenoxy) is 1. The van der Waals surface area contributed by atoms with Crippen LogP contribution in [0.5, 0.6) is 5.75 Å².